The Morgan fingerprint density at radius 3 is 2.45 bits per heavy atom. The maximum atomic E-state index is 5.57. The summed E-state index contributed by atoms with van der Waals surface area (Å²) in [4.78, 5) is 11.1. The summed E-state index contributed by atoms with van der Waals surface area (Å²) in [6, 6.07) is 20.3. The van der Waals surface area contributed by atoms with Gasteiger partial charge in [-0.3, -0.25) is 4.99 Å². The Balaban J connectivity index is 1.35. The summed E-state index contributed by atoms with van der Waals surface area (Å²) in [6.07, 6.45) is 3.86. The van der Waals surface area contributed by atoms with Crippen molar-refractivity contribution in [2.75, 3.05) is 32.1 Å². The Morgan fingerprint density at radius 1 is 1.00 bits per heavy atom. The molecule has 29 heavy (non-hydrogen) atoms. The summed E-state index contributed by atoms with van der Waals surface area (Å²) < 4.78 is 5.57. The predicted molar refractivity (Wildman–Crippen MR) is 119 cm³/mol. The first kappa shape index (κ1) is 20.5. The van der Waals surface area contributed by atoms with Gasteiger partial charge in [0, 0.05) is 38.4 Å². The van der Waals surface area contributed by atoms with E-state index in [2.05, 4.69) is 56.8 Å². The number of guanidine groups is 1. The second kappa shape index (κ2) is 10.9. The standard InChI is InChI=1S/C23H29N5O/c1-24-23(25-15-9-10-16-28(2)21-13-7-4-8-14-21)26-17-20-18-29-22(27-20)19-11-5-3-6-12-19/h3-8,11-14,18H,9-10,15-17H2,1-2H3,(H2,24,25,26). The highest BCUT2D eigenvalue weighted by Gasteiger charge is 2.07. The van der Waals surface area contributed by atoms with Crippen LogP contribution < -0.4 is 15.5 Å². The number of hydrogen-bond donors (Lipinski definition) is 2. The Kier molecular flexibility index (Phi) is 7.69. The number of aromatic nitrogens is 1. The van der Waals surface area contributed by atoms with E-state index in [-0.39, 0.29) is 0 Å². The van der Waals surface area contributed by atoms with Gasteiger partial charge in [0.2, 0.25) is 5.89 Å². The highest BCUT2D eigenvalue weighted by atomic mass is 16.3. The van der Waals surface area contributed by atoms with Crippen LogP contribution in [0.2, 0.25) is 0 Å². The molecule has 0 saturated heterocycles. The van der Waals surface area contributed by atoms with Gasteiger partial charge in [-0.2, -0.15) is 0 Å². The highest BCUT2D eigenvalue weighted by Crippen LogP contribution is 2.17. The molecule has 0 aliphatic rings. The molecule has 1 aromatic heterocycles. The lowest BCUT2D eigenvalue weighted by molar-refractivity contribution is 0.572. The minimum absolute atomic E-state index is 0.562. The van der Waals surface area contributed by atoms with Gasteiger partial charge in [-0.05, 0) is 37.1 Å². The number of nitrogens with one attached hydrogen (secondary N) is 2. The molecule has 3 aromatic rings. The molecule has 3 rings (SSSR count). The van der Waals surface area contributed by atoms with Gasteiger partial charge in [0.15, 0.2) is 5.96 Å². The fourth-order valence-corrected chi connectivity index (χ4v) is 2.99. The van der Waals surface area contributed by atoms with E-state index in [1.54, 1.807) is 13.3 Å². The summed E-state index contributed by atoms with van der Waals surface area (Å²) in [6.45, 7) is 2.46. The summed E-state index contributed by atoms with van der Waals surface area (Å²) in [5.41, 5.74) is 3.07. The Bertz CT molecular complexity index is 877. The molecule has 0 bridgehead atoms. The lowest BCUT2D eigenvalue weighted by atomic mass is 10.2. The minimum atomic E-state index is 0.562. The van der Waals surface area contributed by atoms with Crippen molar-refractivity contribution >= 4 is 11.6 Å². The molecule has 152 valence electrons. The molecule has 0 aliphatic heterocycles. The summed E-state index contributed by atoms with van der Waals surface area (Å²) >= 11 is 0. The molecule has 0 amide bonds. The van der Waals surface area contributed by atoms with Gasteiger partial charge in [-0.1, -0.05) is 36.4 Å². The van der Waals surface area contributed by atoms with E-state index in [1.807, 2.05) is 36.4 Å². The van der Waals surface area contributed by atoms with E-state index in [9.17, 15) is 0 Å². The monoisotopic (exact) mass is 391 g/mol. The van der Waals surface area contributed by atoms with E-state index >= 15 is 0 Å². The van der Waals surface area contributed by atoms with Gasteiger partial charge in [0.05, 0.1) is 12.2 Å². The van der Waals surface area contributed by atoms with Crippen molar-refractivity contribution < 1.29 is 4.42 Å². The quantitative estimate of drug-likeness (QED) is 0.329. The number of unbranched alkanes of at least 4 members (excludes halogenated alkanes) is 1. The van der Waals surface area contributed by atoms with Crippen molar-refractivity contribution in [3.8, 4) is 11.5 Å². The number of rotatable bonds is 9. The maximum Gasteiger partial charge on any atom is 0.226 e. The smallest absolute Gasteiger partial charge is 0.226 e. The number of hydrogen-bond acceptors (Lipinski definition) is 4. The normalized spacial score (nSPS) is 11.3. The van der Waals surface area contributed by atoms with Gasteiger partial charge >= 0.3 is 0 Å². The molecule has 6 heteroatoms. The maximum absolute atomic E-state index is 5.57. The molecular weight excluding hydrogens is 362 g/mol. The first-order valence-corrected chi connectivity index (χ1v) is 9.97. The Labute approximate surface area is 172 Å². The SMILES string of the molecule is CN=C(NCCCCN(C)c1ccccc1)NCc1coc(-c2ccccc2)n1. The fourth-order valence-electron chi connectivity index (χ4n) is 2.99. The van der Waals surface area contributed by atoms with Crippen LogP contribution in [-0.4, -0.2) is 38.1 Å². The number of benzene rings is 2. The molecule has 2 aromatic carbocycles. The number of oxazole rings is 1. The van der Waals surface area contributed by atoms with Crippen molar-refractivity contribution in [1.82, 2.24) is 15.6 Å². The Hall–Kier alpha value is -3.28. The number of para-hydroxylation sites is 1. The number of aliphatic imine (C=N–C) groups is 1. The van der Waals surface area contributed by atoms with E-state index < -0.39 is 0 Å². The van der Waals surface area contributed by atoms with E-state index in [0.29, 0.717) is 12.4 Å². The van der Waals surface area contributed by atoms with Gasteiger partial charge in [-0.15, -0.1) is 0 Å². The zero-order chi connectivity index (χ0) is 20.3. The van der Waals surface area contributed by atoms with Crippen molar-refractivity contribution in [3.63, 3.8) is 0 Å². The lowest BCUT2D eigenvalue weighted by Gasteiger charge is -2.19. The molecule has 1 heterocycles. The zero-order valence-corrected chi connectivity index (χ0v) is 17.1. The van der Waals surface area contributed by atoms with E-state index in [4.69, 9.17) is 4.42 Å². The zero-order valence-electron chi connectivity index (χ0n) is 17.1. The van der Waals surface area contributed by atoms with Crippen LogP contribution in [0.1, 0.15) is 18.5 Å². The third-order valence-electron chi connectivity index (χ3n) is 4.64. The molecule has 2 N–H and O–H groups in total. The second-order valence-electron chi connectivity index (χ2n) is 6.83. The topological polar surface area (TPSA) is 65.7 Å². The Morgan fingerprint density at radius 2 is 1.72 bits per heavy atom. The summed E-state index contributed by atoms with van der Waals surface area (Å²) in [5, 5.41) is 6.64. The van der Waals surface area contributed by atoms with Gasteiger partial charge in [0.1, 0.15) is 6.26 Å². The number of nitrogens with zero attached hydrogens (tertiary/aromatic N) is 3. The third-order valence-corrected chi connectivity index (χ3v) is 4.64. The molecular formula is C23H29N5O. The average molecular weight is 392 g/mol. The van der Waals surface area contributed by atoms with E-state index in [0.717, 1.165) is 43.1 Å². The van der Waals surface area contributed by atoms with Crippen LogP contribution in [0, 0.1) is 0 Å². The average Bonchev–Trinajstić information content (AvgIpc) is 3.26. The summed E-state index contributed by atoms with van der Waals surface area (Å²) in [5.74, 6) is 1.40. The molecule has 0 fully saturated rings. The van der Waals surface area contributed by atoms with Crippen LogP contribution in [0.15, 0.2) is 76.3 Å². The van der Waals surface area contributed by atoms with Gasteiger partial charge in [0.25, 0.3) is 0 Å². The first-order valence-electron chi connectivity index (χ1n) is 9.97. The third kappa shape index (κ3) is 6.38. The van der Waals surface area contributed by atoms with Gasteiger partial charge < -0.3 is 20.0 Å². The predicted octanol–water partition coefficient (Wildman–Crippen LogP) is 3.92. The molecule has 0 radical (unpaired) electrons. The van der Waals surface area contributed by atoms with Crippen molar-refractivity contribution in [1.29, 1.82) is 0 Å². The van der Waals surface area contributed by atoms with E-state index in [1.165, 1.54) is 5.69 Å². The van der Waals surface area contributed by atoms with Crippen LogP contribution in [0.5, 0.6) is 0 Å². The summed E-state index contributed by atoms with van der Waals surface area (Å²) in [7, 11) is 3.90. The van der Waals surface area contributed by atoms with Crippen LogP contribution in [0.4, 0.5) is 5.69 Å². The van der Waals surface area contributed by atoms with Crippen LogP contribution >= 0.6 is 0 Å². The molecule has 0 atom stereocenters. The van der Waals surface area contributed by atoms with Crippen molar-refractivity contribution in [2.45, 2.75) is 19.4 Å². The highest BCUT2D eigenvalue weighted by molar-refractivity contribution is 5.79. The minimum Gasteiger partial charge on any atom is -0.444 e. The van der Waals surface area contributed by atoms with Gasteiger partial charge in [-0.25, -0.2) is 4.98 Å². The fraction of sp³-hybridized carbons (Fsp3) is 0.304. The molecule has 0 saturated carbocycles. The van der Waals surface area contributed by atoms with Crippen molar-refractivity contribution in [2.24, 2.45) is 4.99 Å². The number of anilines is 1. The first-order chi connectivity index (χ1) is 14.3. The van der Waals surface area contributed by atoms with Crippen LogP contribution in [-0.2, 0) is 6.54 Å². The van der Waals surface area contributed by atoms with Crippen LogP contribution in [0.3, 0.4) is 0 Å². The van der Waals surface area contributed by atoms with Crippen LogP contribution in [0.25, 0.3) is 11.5 Å². The lowest BCUT2D eigenvalue weighted by Crippen LogP contribution is -2.37. The molecule has 0 aliphatic carbocycles. The molecule has 0 unspecified atom stereocenters. The molecule has 0 spiro atoms. The molecule has 6 nitrogen and oxygen atoms in total. The van der Waals surface area contributed by atoms with Crippen molar-refractivity contribution in [3.05, 3.63) is 72.6 Å². The largest absolute Gasteiger partial charge is 0.444 e. The second-order valence-corrected chi connectivity index (χ2v) is 6.83.